The molecule has 1 aliphatic carbocycles. The SMILES string of the molecule is COC1CCC(NC[C@@]2(c3ccccc3)Cc3c(cc(F)c(Cl)c3C3C(C(N)=O)Cn4ccnc4C3F)O2)CC1. The van der Waals surface area contributed by atoms with E-state index in [0.717, 1.165) is 31.2 Å². The number of amides is 1. The molecule has 212 valence electrons. The maximum Gasteiger partial charge on any atom is 0.223 e. The van der Waals surface area contributed by atoms with E-state index in [1.54, 1.807) is 17.9 Å². The van der Waals surface area contributed by atoms with Crippen LogP contribution in [0.4, 0.5) is 8.78 Å². The van der Waals surface area contributed by atoms with Gasteiger partial charge in [-0.3, -0.25) is 4.79 Å². The van der Waals surface area contributed by atoms with Crippen molar-refractivity contribution in [2.24, 2.45) is 11.7 Å². The highest BCUT2D eigenvalue weighted by atomic mass is 35.5. The van der Waals surface area contributed by atoms with Crippen molar-refractivity contribution in [2.45, 2.75) is 68.5 Å². The number of primary amides is 1. The fourth-order valence-electron chi connectivity index (χ4n) is 6.76. The van der Waals surface area contributed by atoms with Crippen molar-refractivity contribution in [1.82, 2.24) is 14.9 Å². The maximum atomic E-state index is 16.2. The van der Waals surface area contributed by atoms with Gasteiger partial charge in [0, 0.05) is 62.6 Å². The Balaban J connectivity index is 1.39. The van der Waals surface area contributed by atoms with E-state index < -0.39 is 35.3 Å². The summed E-state index contributed by atoms with van der Waals surface area (Å²) < 4.78 is 45.3. The molecule has 1 amide bonds. The third kappa shape index (κ3) is 4.67. The Kier molecular flexibility index (Phi) is 7.31. The molecule has 0 radical (unpaired) electrons. The number of nitrogens with zero attached hydrogens (tertiary/aromatic N) is 2. The standard InChI is InChI=1S/C30H33ClF2N4O3/c1-39-19-9-7-18(8-10-19)36-16-30(17-5-3-2-4-6-17)14-20-23(40-30)13-22(32)26(31)24(20)25-21(28(34)38)15-37-12-11-35-29(37)27(25)33/h2-6,11-13,18-19,21,25,27,36H,7-10,14-16H2,1H3,(H2,34,38)/t18?,19?,21?,25?,27?,30-/m1/s1. The van der Waals surface area contributed by atoms with Gasteiger partial charge in [-0.25, -0.2) is 13.8 Å². The molecular formula is C30H33ClF2N4O3. The number of imidazole rings is 1. The van der Waals surface area contributed by atoms with E-state index in [0.29, 0.717) is 24.3 Å². The highest BCUT2D eigenvalue weighted by Gasteiger charge is 2.49. The molecule has 2 aromatic carbocycles. The van der Waals surface area contributed by atoms with Crippen molar-refractivity contribution < 1.29 is 23.0 Å². The van der Waals surface area contributed by atoms with Crippen LogP contribution in [0.3, 0.4) is 0 Å². The quantitative estimate of drug-likeness (QED) is 0.419. The number of benzene rings is 2. The lowest BCUT2D eigenvalue weighted by atomic mass is 9.75. The third-order valence-electron chi connectivity index (χ3n) is 8.91. The van der Waals surface area contributed by atoms with Crippen molar-refractivity contribution in [3.8, 4) is 5.75 Å². The van der Waals surface area contributed by atoms with E-state index in [4.69, 9.17) is 26.8 Å². The normalized spacial score (nSPS) is 29.4. The Morgan fingerprint density at radius 1 is 1.27 bits per heavy atom. The second-order valence-electron chi connectivity index (χ2n) is 11.2. The van der Waals surface area contributed by atoms with Gasteiger partial charge in [0.05, 0.1) is 17.0 Å². The minimum atomic E-state index is -1.70. The predicted molar refractivity (Wildman–Crippen MR) is 146 cm³/mol. The predicted octanol–water partition coefficient (Wildman–Crippen LogP) is 4.96. The van der Waals surface area contributed by atoms with Gasteiger partial charge < -0.3 is 25.1 Å². The molecule has 6 rings (SSSR count). The number of halogens is 3. The minimum Gasteiger partial charge on any atom is -0.480 e. The Labute approximate surface area is 237 Å². The highest BCUT2D eigenvalue weighted by Crippen LogP contribution is 2.53. The molecule has 3 aromatic rings. The third-order valence-corrected chi connectivity index (χ3v) is 9.30. The van der Waals surface area contributed by atoms with Gasteiger partial charge in [-0.1, -0.05) is 41.9 Å². The summed E-state index contributed by atoms with van der Waals surface area (Å²) in [6, 6.07) is 11.3. The molecule has 3 N–H and O–H groups in total. The number of rotatable bonds is 7. The van der Waals surface area contributed by atoms with E-state index in [2.05, 4.69) is 10.3 Å². The first-order valence-corrected chi connectivity index (χ1v) is 14.1. The minimum absolute atomic E-state index is 0.133. The van der Waals surface area contributed by atoms with Gasteiger partial charge in [-0.15, -0.1) is 0 Å². The van der Waals surface area contributed by atoms with Crippen LogP contribution >= 0.6 is 11.6 Å². The number of hydrogen-bond acceptors (Lipinski definition) is 5. The molecule has 1 aromatic heterocycles. The average molecular weight is 571 g/mol. The number of carbonyl (C=O) groups is 1. The summed E-state index contributed by atoms with van der Waals surface area (Å²) in [5, 5.41) is 3.48. The van der Waals surface area contributed by atoms with Crippen LogP contribution in [0, 0.1) is 11.7 Å². The van der Waals surface area contributed by atoms with Crippen LogP contribution in [0.15, 0.2) is 48.8 Å². The van der Waals surface area contributed by atoms with E-state index in [1.807, 2.05) is 30.3 Å². The lowest BCUT2D eigenvalue weighted by Crippen LogP contribution is -2.47. The Bertz CT molecular complexity index is 1400. The van der Waals surface area contributed by atoms with Crippen molar-refractivity contribution >= 4 is 17.5 Å². The number of aromatic nitrogens is 2. The van der Waals surface area contributed by atoms with Gasteiger partial charge in [0.15, 0.2) is 11.8 Å². The molecule has 4 atom stereocenters. The largest absolute Gasteiger partial charge is 0.480 e. The molecule has 7 nitrogen and oxygen atoms in total. The van der Waals surface area contributed by atoms with Gasteiger partial charge in [0.1, 0.15) is 17.4 Å². The Morgan fingerprint density at radius 3 is 2.73 bits per heavy atom. The van der Waals surface area contributed by atoms with Crippen LogP contribution in [0.25, 0.3) is 0 Å². The van der Waals surface area contributed by atoms with E-state index in [9.17, 15) is 4.79 Å². The summed E-state index contributed by atoms with van der Waals surface area (Å²) in [7, 11) is 1.75. The topological polar surface area (TPSA) is 91.4 Å². The molecule has 40 heavy (non-hydrogen) atoms. The zero-order valence-electron chi connectivity index (χ0n) is 22.3. The van der Waals surface area contributed by atoms with Crippen molar-refractivity contribution in [3.63, 3.8) is 0 Å². The lowest BCUT2D eigenvalue weighted by Gasteiger charge is -2.35. The second-order valence-corrected chi connectivity index (χ2v) is 11.5. The lowest BCUT2D eigenvalue weighted by molar-refractivity contribution is -0.124. The van der Waals surface area contributed by atoms with Crippen molar-refractivity contribution in [3.05, 3.63) is 82.1 Å². The van der Waals surface area contributed by atoms with Crippen LogP contribution in [-0.2, 0) is 28.1 Å². The molecule has 10 heteroatoms. The van der Waals surface area contributed by atoms with E-state index in [-0.39, 0.29) is 35.1 Å². The van der Waals surface area contributed by atoms with Gasteiger partial charge in [-0.2, -0.15) is 0 Å². The summed E-state index contributed by atoms with van der Waals surface area (Å²) in [6.07, 6.45) is 5.89. The number of alkyl halides is 1. The molecule has 2 aliphatic heterocycles. The molecule has 3 aliphatic rings. The van der Waals surface area contributed by atoms with Crippen molar-refractivity contribution in [2.75, 3.05) is 13.7 Å². The fourth-order valence-corrected chi connectivity index (χ4v) is 7.05. The van der Waals surface area contributed by atoms with Crippen LogP contribution in [0.5, 0.6) is 5.75 Å². The first-order chi connectivity index (χ1) is 19.3. The van der Waals surface area contributed by atoms with Crippen LogP contribution in [0.2, 0.25) is 5.02 Å². The zero-order valence-corrected chi connectivity index (χ0v) is 23.0. The molecule has 0 bridgehead atoms. The zero-order chi connectivity index (χ0) is 28.0. The number of fused-ring (bicyclic) bond motifs is 2. The van der Waals surface area contributed by atoms with Gasteiger partial charge >= 0.3 is 0 Å². The number of hydrogen-bond donors (Lipinski definition) is 2. The Hall–Kier alpha value is -3.01. The summed E-state index contributed by atoms with van der Waals surface area (Å²) in [6.45, 7) is 0.591. The molecule has 0 saturated heterocycles. The van der Waals surface area contributed by atoms with E-state index >= 15 is 8.78 Å². The van der Waals surface area contributed by atoms with Crippen LogP contribution in [0.1, 0.15) is 60.3 Å². The van der Waals surface area contributed by atoms with Crippen molar-refractivity contribution in [1.29, 1.82) is 0 Å². The summed E-state index contributed by atoms with van der Waals surface area (Å²) in [5.74, 6) is -2.98. The van der Waals surface area contributed by atoms with Crippen LogP contribution in [-0.4, -0.2) is 41.3 Å². The number of methoxy groups -OCH3 is 1. The molecule has 3 unspecified atom stereocenters. The summed E-state index contributed by atoms with van der Waals surface area (Å²) in [4.78, 5) is 16.8. The smallest absolute Gasteiger partial charge is 0.223 e. The first kappa shape index (κ1) is 27.2. The second kappa shape index (κ2) is 10.8. The van der Waals surface area contributed by atoms with Crippen LogP contribution < -0.4 is 15.8 Å². The molecule has 1 fully saturated rings. The van der Waals surface area contributed by atoms with Gasteiger partial charge in [0.2, 0.25) is 5.91 Å². The average Bonchev–Trinajstić information content (AvgIpc) is 3.59. The molecule has 0 spiro atoms. The Morgan fingerprint density at radius 2 is 2.02 bits per heavy atom. The molecule has 1 saturated carbocycles. The number of carbonyl (C=O) groups excluding carboxylic acids is 1. The van der Waals surface area contributed by atoms with Gasteiger partial charge in [-0.05, 0) is 36.8 Å². The highest BCUT2D eigenvalue weighted by molar-refractivity contribution is 6.31. The monoisotopic (exact) mass is 570 g/mol. The number of ether oxygens (including phenoxy) is 2. The van der Waals surface area contributed by atoms with Gasteiger partial charge in [0.25, 0.3) is 0 Å². The first-order valence-electron chi connectivity index (χ1n) is 13.8. The summed E-state index contributed by atoms with van der Waals surface area (Å²) >= 11 is 6.61. The fraction of sp³-hybridized carbons (Fsp3) is 0.467. The number of nitrogens with one attached hydrogen (secondary N) is 1. The number of nitrogens with two attached hydrogens (primary N) is 1. The van der Waals surface area contributed by atoms with E-state index in [1.165, 1.54) is 12.3 Å². The maximum absolute atomic E-state index is 16.2. The molecule has 3 heterocycles. The molecular weight excluding hydrogens is 538 g/mol. The summed E-state index contributed by atoms with van der Waals surface area (Å²) in [5.41, 5.74) is 6.65.